The third-order valence-corrected chi connectivity index (χ3v) is 1.86. The van der Waals surface area contributed by atoms with Crippen LogP contribution in [-0.2, 0) is 4.79 Å². The van der Waals surface area contributed by atoms with E-state index in [4.69, 9.17) is 5.73 Å². The fourth-order valence-corrected chi connectivity index (χ4v) is 1.30. The van der Waals surface area contributed by atoms with Gasteiger partial charge in [0, 0.05) is 17.8 Å². The van der Waals surface area contributed by atoms with E-state index in [1.165, 1.54) is 0 Å². The van der Waals surface area contributed by atoms with Gasteiger partial charge < -0.3 is 11.1 Å². The smallest absolute Gasteiger partial charge is 0.224 e. The van der Waals surface area contributed by atoms with Gasteiger partial charge in [-0.25, -0.2) is 0 Å². The highest BCUT2D eigenvalue weighted by molar-refractivity contribution is 5.91. The van der Waals surface area contributed by atoms with Crippen molar-refractivity contribution >= 4 is 17.3 Å². The molecular formula is C12H18N2O. The molecule has 3 N–H and O–H groups in total. The van der Waals surface area contributed by atoms with E-state index in [9.17, 15) is 4.79 Å². The highest BCUT2D eigenvalue weighted by Gasteiger charge is 2.15. The number of carbonyl (C=O) groups excluding carboxylic acids is 1. The molecule has 3 nitrogen and oxygen atoms in total. The second kappa shape index (κ2) is 4.34. The predicted octanol–water partition coefficient (Wildman–Crippen LogP) is 2.64. The molecule has 0 heterocycles. The van der Waals surface area contributed by atoms with Crippen LogP contribution >= 0.6 is 0 Å². The summed E-state index contributed by atoms with van der Waals surface area (Å²) in [4.78, 5) is 11.6. The van der Waals surface area contributed by atoms with Crippen molar-refractivity contribution in [3.05, 3.63) is 24.3 Å². The normalized spacial score (nSPS) is 11.1. The van der Waals surface area contributed by atoms with E-state index < -0.39 is 0 Å². The van der Waals surface area contributed by atoms with E-state index in [-0.39, 0.29) is 11.3 Å². The SMILES string of the molecule is CC(C)(C)CC(=O)Nc1cccc(N)c1. The van der Waals surface area contributed by atoms with Crippen molar-refractivity contribution < 1.29 is 4.79 Å². The van der Waals surface area contributed by atoms with Crippen LogP contribution in [0.15, 0.2) is 24.3 Å². The maximum atomic E-state index is 11.6. The lowest BCUT2D eigenvalue weighted by molar-refractivity contribution is -0.117. The monoisotopic (exact) mass is 206 g/mol. The summed E-state index contributed by atoms with van der Waals surface area (Å²) in [6, 6.07) is 7.19. The molecular weight excluding hydrogens is 188 g/mol. The first-order valence-corrected chi connectivity index (χ1v) is 5.02. The molecule has 1 rings (SSSR count). The summed E-state index contributed by atoms with van der Waals surface area (Å²) in [5, 5.41) is 2.82. The number of hydrogen-bond acceptors (Lipinski definition) is 2. The molecule has 0 saturated heterocycles. The molecule has 0 spiro atoms. The van der Waals surface area contributed by atoms with Gasteiger partial charge in [-0.2, -0.15) is 0 Å². The molecule has 0 saturated carbocycles. The molecule has 0 aliphatic heterocycles. The van der Waals surface area contributed by atoms with Crippen molar-refractivity contribution in [3.8, 4) is 0 Å². The molecule has 0 fully saturated rings. The van der Waals surface area contributed by atoms with Crippen LogP contribution in [0.5, 0.6) is 0 Å². The Labute approximate surface area is 90.7 Å². The molecule has 0 unspecified atom stereocenters. The number of nitrogens with one attached hydrogen (secondary N) is 1. The minimum atomic E-state index is 0.00437. The summed E-state index contributed by atoms with van der Waals surface area (Å²) in [6.45, 7) is 6.10. The van der Waals surface area contributed by atoms with Crippen LogP contribution in [0.3, 0.4) is 0 Å². The van der Waals surface area contributed by atoms with Crippen LogP contribution in [0.25, 0.3) is 0 Å². The topological polar surface area (TPSA) is 55.1 Å². The molecule has 0 aliphatic rings. The Bertz CT molecular complexity index is 353. The molecule has 0 bridgehead atoms. The van der Waals surface area contributed by atoms with Crippen LogP contribution in [-0.4, -0.2) is 5.91 Å². The Balaban J connectivity index is 2.59. The molecule has 0 radical (unpaired) electrons. The maximum absolute atomic E-state index is 11.6. The van der Waals surface area contributed by atoms with Crippen LogP contribution < -0.4 is 11.1 Å². The Morgan fingerprint density at radius 1 is 1.40 bits per heavy atom. The Morgan fingerprint density at radius 2 is 2.07 bits per heavy atom. The maximum Gasteiger partial charge on any atom is 0.224 e. The van der Waals surface area contributed by atoms with Gasteiger partial charge in [0.15, 0.2) is 0 Å². The van der Waals surface area contributed by atoms with Crippen molar-refractivity contribution in [3.63, 3.8) is 0 Å². The summed E-state index contributed by atoms with van der Waals surface area (Å²) < 4.78 is 0. The van der Waals surface area contributed by atoms with Crippen molar-refractivity contribution in [1.29, 1.82) is 0 Å². The van der Waals surface area contributed by atoms with E-state index in [0.717, 1.165) is 5.69 Å². The van der Waals surface area contributed by atoms with Crippen molar-refractivity contribution in [2.45, 2.75) is 27.2 Å². The molecule has 3 heteroatoms. The molecule has 15 heavy (non-hydrogen) atoms. The summed E-state index contributed by atoms with van der Waals surface area (Å²) in [7, 11) is 0. The van der Waals surface area contributed by atoms with E-state index in [2.05, 4.69) is 5.32 Å². The largest absolute Gasteiger partial charge is 0.399 e. The zero-order valence-corrected chi connectivity index (χ0v) is 9.50. The quantitative estimate of drug-likeness (QED) is 0.731. The van der Waals surface area contributed by atoms with Gasteiger partial charge in [0.25, 0.3) is 0 Å². The van der Waals surface area contributed by atoms with Crippen molar-refractivity contribution in [2.24, 2.45) is 5.41 Å². The Morgan fingerprint density at radius 3 is 2.60 bits per heavy atom. The van der Waals surface area contributed by atoms with E-state index >= 15 is 0 Å². The first-order valence-electron chi connectivity index (χ1n) is 5.02. The van der Waals surface area contributed by atoms with Gasteiger partial charge in [-0.1, -0.05) is 26.8 Å². The Kier molecular flexibility index (Phi) is 3.35. The van der Waals surface area contributed by atoms with Crippen LogP contribution in [0.2, 0.25) is 0 Å². The highest BCUT2D eigenvalue weighted by Crippen LogP contribution is 2.20. The molecule has 1 amide bonds. The second-order valence-electron chi connectivity index (χ2n) is 4.91. The third-order valence-electron chi connectivity index (χ3n) is 1.86. The zero-order valence-electron chi connectivity index (χ0n) is 9.50. The van der Waals surface area contributed by atoms with Gasteiger partial charge in [-0.3, -0.25) is 4.79 Å². The number of benzene rings is 1. The van der Waals surface area contributed by atoms with E-state index in [1.54, 1.807) is 12.1 Å². The first-order chi connectivity index (χ1) is 6.87. The summed E-state index contributed by atoms with van der Waals surface area (Å²) >= 11 is 0. The molecule has 82 valence electrons. The van der Waals surface area contributed by atoms with Gasteiger partial charge in [0.1, 0.15) is 0 Å². The highest BCUT2D eigenvalue weighted by atomic mass is 16.1. The number of amides is 1. The third kappa shape index (κ3) is 4.49. The summed E-state index contributed by atoms with van der Waals surface area (Å²) in [5.41, 5.74) is 7.02. The van der Waals surface area contributed by atoms with E-state index in [0.29, 0.717) is 12.1 Å². The summed E-state index contributed by atoms with van der Waals surface area (Å²) in [6.07, 6.45) is 0.502. The number of nitrogen functional groups attached to an aromatic ring is 1. The average molecular weight is 206 g/mol. The first kappa shape index (κ1) is 11.6. The van der Waals surface area contributed by atoms with Gasteiger partial charge in [-0.05, 0) is 23.6 Å². The lowest BCUT2D eigenvalue weighted by Crippen LogP contribution is -2.19. The van der Waals surface area contributed by atoms with Gasteiger partial charge in [0.2, 0.25) is 5.91 Å². The predicted molar refractivity (Wildman–Crippen MR) is 63.6 cm³/mol. The lowest BCUT2D eigenvalue weighted by atomic mass is 9.92. The number of anilines is 2. The molecule has 1 aromatic rings. The Hall–Kier alpha value is -1.51. The summed E-state index contributed by atoms with van der Waals surface area (Å²) in [5.74, 6) is 0.0214. The van der Waals surface area contributed by atoms with Gasteiger partial charge in [-0.15, -0.1) is 0 Å². The number of nitrogens with two attached hydrogens (primary N) is 1. The van der Waals surface area contributed by atoms with Crippen LogP contribution in [0.1, 0.15) is 27.2 Å². The minimum absolute atomic E-state index is 0.00437. The van der Waals surface area contributed by atoms with E-state index in [1.807, 2.05) is 32.9 Å². The molecule has 0 atom stereocenters. The van der Waals surface area contributed by atoms with Gasteiger partial charge >= 0.3 is 0 Å². The van der Waals surface area contributed by atoms with Crippen LogP contribution in [0.4, 0.5) is 11.4 Å². The standard InChI is InChI=1S/C12H18N2O/c1-12(2,3)8-11(15)14-10-6-4-5-9(13)7-10/h4-7H,8,13H2,1-3H3,(H,14,15). The zero-order chi connectivity index (χ0) is 11.5. The van der Waals surface area contributed by atoms with Crippen molar-refractivity contribution in [2.75, 3.05) is 11.1 Å². The number of hydrogen-bond donors (Lipinski definition) is 2. The van der Waals surface area contributed by atoms with Gasteiger partial charge in [0.05, 0.1) is 0 Å². The molecule has 0 aliphatic carbocycles. The molecule has 1 aromatic carbocycles. The van der Waals surface area contributed by atoms with Crippen LogP contribution in [0, 0.1) is 5.41 Å². The fraction of sp³-hybridized carbons (Fsp3) is 0.417. The number of rotatable bonds is 2. The average Bonchev–Trinajstić information content (AvgIpc) is 1.99. The fourth-order valence-electron chi connectivity index (χ4n) is 1.30. The second-order valence-corrected chi connectivity index (χ2v) is 4.91. The molecule has 0 aromatic heterocycles. The number of carbonyl (C=O) groups is 1. The minimum Gasteiger partial charge on any atom is -0.399 e. The van der Waals surface area contributed by atoms with Crippen molar-refractivity contribution in [1.82, 2.24) is 0 Å². The lowest BCUT2D eigenvalue weighted by Gasteiger charge is -2.17.